The molecule has 1 unspecified atom stereocenters. The summed E-state index contributed by atoms with van der Waals surface area (Å²) in [4.78, 5) is 27.6. The highest BCUT2D eigenvalue weighted by molar-refractivity contribution is 5.85. The molecule has 2 rings (SSSR count). The Morgan fingerprint density at radius 2 is 2.04 bits per heavy atom. The number of hydrogen-bond donors (Lipinski definition) is 2. The summed E-state index contributed by atoms with van der Waals surface area (Å²) in [7, 11) is 0. The number of amides is 1. The number of carbonyl (C=O) groups is 2. The van der Waals surface area contributed by atoms with E-state index in [1.54, 1.807) is 19.1 Å². The van der Waals surface area contributed by atoms with Crippen LogP contribution in [0.15, 0.2) is 22.7 Å². The van der Waals surface area contributed by atoms with Gasteiger partial charge in [-0.05, 0) is 37.5 Å². The van der Waals surface area contributed by atoms with Crippen LogP contribution in [0, 0.1) is 20.8 Å². The molecule has 0 aliphatic carbocycles. The third kappa shape index (κ3) is 4.15. The van der Waals surface area contributed by atoms with Crippen molar-refractivity contribution in [1.29, 1.82) is 0 Å². The van der Waals surface area contributed by atoms with E-state index in [0.29, 0.717) is 17.3 Å². The second-order valence-electron chi connectivity index (χ2n) is 5.36. The summed E-state index contributed by atoms with van der Waals surface area (Å²) < 4.78 is 4.93. The Bertz CT molecular complexity index is 724. The van der Waals surface area contributed by atoms with E-state index in [1.807, 2.05) is 19.9 Å². The minimum atomic E-state index is -1.10. The number of carbonyl (C=O) groups excluding carboxylic acids is 1. The van der Waals surface area contributed by atoms with Gasteiger partial charge in [-0.2, -0.15) is 4.98 Å². The molecular formula is C16H19N3O4. The van der Waals surface area contributed by atoms with Gasteiger partial charge in [0.15, 0.2) is 11.9 Å². The summed E-state index contributed by atoms with van der Waals surface area (Å²) in [5.74, 6) is -0.620. The number of nitrogens with one attached hydrogen (secondary N) is 1. The number of benzene rings is 1. The molecule has 1 atom stereocenters. The SMILES string of the molecule is Cc1noc(CCC(=O)NC(C(=O)O)c2cccc(C)c2C)n1. The van der Waals surface area contributed by atoms with Crippen LogP contribution in [0.5, 0.6) is 0 Å². The van der Waals surface area contributed by atoms with E-state index < -0.39 is 12.0 Å². The first-order valence-corrected chi connectivity index (χ1v) is 7.26. The molecule has 0 spiro atoms. The first-order valence-electron chi connectivity index (χ1n) is 7.26. The molecule has 2 N–H and O–H groups in total. The van der Waals surface area contributed by atoms with Gasteiger partial charge in [-0.1, -0.05) is 23.4 Å². The Kier molecular flexibility index (Phi) is 5.10. The molecule has 7 heteroatoms. The molecule has 1 aromatic heterocycles. The Morgan fingerprint density at radius 3 is 2.65 bits per heavy atom. The average molecular weight is 317 g/mol. The summed E-state index contributed by atoms with van der Waals surface area (Å²) in [6.07, 6.45) is 0.349. The van der Waals surface area contributed by atoms with Gasteiger partial charge in [0.2, 0.25) is 11.8 Å². The number of nitrogens with zero attached hydrogens (tertiary/aromatic N) is 2. The van der Waals surface area contributed by atoms with Crippen LogP contribution in [0.2, 0.25) is 0 Å². The number of carboxylic acid groups (broad SMARTS) is 1. The highest BCUT2D eigenvalue weighted by Crippen LogP contribution is 2.21. The molecule has 0 bridgehead atoms. The number of rotatable bonds is 6. The normalized spacial score (nSPS) is 12.0. The quantitative estimate of drug-likeness (QED) is 0.842. The van der Waals surface area contributed by atoms with Crippen LogP contribution in [-0.4, -0.2) is 27.1 Å². The number of aromatic nitrogens is 2. The monoisotopic (exact) mass is 317 g/mol. The van der Waals surface area contributed by atoms with E-state index in [1.165, 1.54) is 0 Å². The highest BCUT2D eigenvalue weighted by atomic mass is 16.5. The fourth-order valence-electron chi connectivity index (χ4n) is 2.25. The summed E-state index contributed by atoms with van der Waals surface area (Å²) in [5.41, 5.74) is 2.41. The summed E-state index contributed by atoms with van der Waals surface area (Å²) in [5, 5.41) is 15.6. The van der Waals surface area contributed by atoms with Crippen LogP contribution < -0.4 is 5.32 Å². The van der Waals surface area contributed by atoms with Crippen LogP contribution >= 0.6 is 0 Å². The number of hydrogen-bond acceptors (Lipinski definition) is 5. The van der Waals surface area contributed by atoms with Crippen molar-refractivity contribution >= 4 is 11.9 Å². The van der Waals surface area contributed by atoms with Crippen LogP contribution in [0.3, 0.4) is 0 Å². The predicted octanol–water partition coefficient (Wildman–Crippen LogP) is 1.87. The molecule has 0 radical (unpaired) electrons. The molecule has 0 aliphatic rings. The van der Waals surface area contributed by atoms with Crippen molar-refractivity contribution in [3.8, 4) is 0 Å². The Labute approximate surface area is 133 Å². The standard InChI is InChI=1S/C16H19N3O4/c1-9-5-4-6-12(10(9)2)15(16(21)22)18-13(20)7-8-14-17-11(3)19-23-14/h4-6,15H,7-8H2,1-3H3,(H,18,20)(H,21,22). The molecule has 0 saturated heterocycles. The van der Waals surface area contributed by atoms with Gasteiger partial charge in [0.25, 0.3) is 0 Å². The second kappa shape index (κ2) is 7.04. The Hall–Kier alpha value is -2.70. The molecule has 0 aliphatic heterocycles. The molecule has 23 heavy (non-hydrogen) atoms. The molecule has 0 fully saturated rings. The van der Waals surface area contributed by atoms with Crippen molar-refractivity contribution in [3.63, 3.8) is 0 Å². The van der Waals surface area contributed by atoms with Gasteiger partial charge in [0, 0.05) is 12.8 Å². The molecule has 1 heterocycles. The highest BCUT2D eigenvalue weighted by Gasteiger charge is 2.24. The van der Waals surface area contributed by atoms with Crippen LogP contribution in [0.25, 0.3) is 0 Å². The largest absolute Gasteiger partial charge is 0.479 e. The first-order chi connectivity index (χ1) is 10.9. The van der Waals surface area contributed by atoms with Gasteiger partial charge < -0.3 is 14.9 Å². The van der Waals surface area contributed by atoms with E-state index in [0.717, 1.165) is 11.1 Å². The zero-order chi connectivity index (χ0) is 17.0. The maximum absolute atomic E-state index is 12.0. The Morgan fingerprint density at radius 1 is 1.30 bits per heavy atom. The molecule has 0 saturated carbocycles. The Balaban J connectivity index is 2.05. The zero-order valence-corrected chi connectivity index (χ0v) is 13.3. The molecular weight excluding hydrogens is 298 g/mol. The molecule has 7 nitrogen and oxygen atoms in total. The molecule has 1 aromatic carbocycles. The van der Waals surface area contributed by atoms with Gasteiger partial charge in [-0.3, -0.25) is 4.79 Å². The smallest absolute Gasteiger partial charge is 0.330 e. The van der Waals surface area contributed by atoms with Crippen molar-refractivity contribution in [2.45, 2.75) is 39.7 Å². The van der Waals surface area contributed by atoms with Gasteiger partial charge >= 0.3 is 5.97 Å². The summed E-state index contributed by atoms with van der Waals surface area (Å²) in [6, 6.07) is 4.31. The fraction of sp³-hybridized carbons (Fsp3) is 0.375. The van der Waals surface area contributed by atoms with E-state index in [9.17, 15) is 14.7 Å². The molecule has 1 amide bonds. The van der Waals surface area contributed by atoms with Gasteiger partial charge in [-0.15, -0.1) is 0 Å². The van der Waals surface area contributed by atoms with Gasteiger partial charge in [0.1, 0.15) is 0 Å². The second-order valence-corrected chi connectivity index (χ2v) is 5.36. The summed E-state index contributed by atoms with van der Waals surface area (Å²) in [6.45, 7) is 5.43. The van der Waals surface area contributed by atoms with Gasteiger partial charge in [-0.25, -0.2) is 4.79 Å². The van der Waals surface area contributed by atoms with Gasteiger partial charge in [0.05, 0.1) is 0 Å². The lowest BCUT2D eigenvalue weighted by molar-refractivity contribution is -0.142. The van der Waals surface area contributed by atoms with Crippen LogP contribution in [-0.2, 0) is 16.0 Å². The van der Waals surface area contributed by atoms with Crippen molar-refractivity contribution in [2.75, 3.05) is 0 Å². The maximum atomic E-state index is 12.0. The van der Waals surface area contributed by atoms with Crippen molar-refractivity contribution in [1.82, 2.24) is 15.5 Å². The lowest BCUT2D eigenvalue weighted by Gasteiger charge is -2.18. The molecule has 122 valence electrons. The lowest BCUT2D eigenvalue weighted by atomic mass is 9.97. The van der Waals surface area contributed by atoms with Crippen LogP contribution in [0.4, 0.5) is 0 Å². The van der Waals surface area contributed by atoms with Crippen molar-refractivity contribution < 1.29 is 19.2 Å². The maximum Gasteiger partial charge on any atom is 0.330 e. The van der Waals surface area contributed by atoms with E-state index >= 15 is 0 Å². The van der Waals surface area contributed by atoms with E-state index in [2.05, 4.69) is 15.5 Å². The predicted molar refractivity (Wildman–Crippen MR) is 81.8 cm³/mol. The van der Waals surface area contributed by atoms with Crippen molar-refractivity contribution in [2.24, 2.45) is 0 Å². The van der Waals surface area contributed by atoms with Crippen LogP contribution in [0.1, 0.15) is 40.9 Å². The summed E-state index contributed by atoms with van der Waals surface area (Å²) >= 11 is 0. The topological polar surface area (TPSA) is 105 Å². The van der Waals surface area contributed by atoms with E-state index in [-0.39, 0.29) is 18.7 Å². The minimum Gasteiger partial charge on any atom is -0.479 e. The lowest BCUT2D eigenvalue weighted by Crippen LogP contribution is -2.34. The van der Waals surface area contributed by atoms with Crippen molar-refractivity contribution in [3.05, 3.63) is 46.6 Å². The zero-order valence-electron chi connectivity index (χ0n) is 13.3. The number of aliphatic carboxylic acids is 1. The minimum absolute atomic E-state index is 0.0796. The number of aryl methyl sites for hydroxylation is 3. The van der Waals surface area contributed by atoms with E-state index in [4.69, 9.17) is 4.52 Å². The average Bonchev–Trinajstić information content (AvgIpc) is 2.91. The third-order valence-electron chi connectivity index (χ3n) is 3.65. The molecule has 2 aromatic rings. The fourth-order valence-corrected chi connectivity index (χ4v) is 2.25. The number of carboxylic acids is 1. The third-order valence-corrected chi connectivity index (χ3v) is 3.65. The first kappa shape index (κ1) is 16.7.